The molecule has 0 saturated heterocycles. The zero-order valence-electron chi connectivity index (χ0n) is 4.61. The van der Waals surface area contributed by atoms with E-state index in [1.807, 2.05) is 0 Å². The van der Waals surface area contributed by atoms with Gasteiger partial charge in [-0.25, -0.2) is 4.98 Å². The number of hydrogen-bond donors (Lipinski definition) is 1. The van der Waals surface area contributed by atoms with Crippen LogP contribution in [-0.2, 0) is 0 Å². The van der Waals surface area contributed by atoms with E-state index in [0.29, 0.717) is 0 Å². The molecule has 0 bridgehead atoms. The van der Waals surface area contributed by atoms with Gasteiger partial charge in [0, 0.05) is 6.07 Å². The number of halogens is 3. The first-order valence-electron chi connectivity index (χ1n) is 2.32. The third kappa shape index (κ3) is 1.46. The van der Waals surface area contributed by atoms with Crippen LogP contribution >= 0.6 is 31.9 Å². The fourth-order valence-electron chi connectivity index (χ4n) is 0.450. The number of pyridine rings is 1. The SMILES string of the molecule is Oc1c(Br)cc(F)nc1Br. The van der Waals surface area contributed by atoms with E-state index in [9.17, 15) is 4.39 Å². The second kappa shape index (κ2) is 2.84. The van der Waals surface area contributed by atoms with E-state index in [-0.39, 0.29) is 14.8 Å². The summed E-state index contributed by atoms with van der Waals surface area (Å²) in [4.78, 5) is 3.30. The Morgan fingerprint density at radius 2 is 2.10 bits per heavy atom. The molecule has 0 aliphatic carbocycles. The summed E-state index contributed by atoms with van der Waals surface area (Å²) in [5.74, 6) is -0.738. The molecular formula is C5H2Br2FNO. The van der Waals surface area contributed by atoms with Gasteiger partial charge in [0.25, 0.3) is 0 Å². The topological polar surface area (TPSA) is 33.1 Å². The molecule has 0 aliphatic rings. The molecule has 1 aromatic heterocycles. The van der Waals surface area contributed by atoms with Crippen LogP contribution in [0.3, 0.4) is 0 Å². The second-order valence-corrected chi connectivity index (χ2v) is 3.17. The van der Waals surface area contributed by atoms with E-state index in [0.717, 1.165) is 6.07 Å². The van der Waals surface area contributed by atoms with Crippen LogP contribution in [0.15, 0.2) is 15.1 Å². The van der Waals surface area contributed by atoms with Crippen molar-refractivity contribution in [3.63, 3.8) is 0 Å². The first-order chi connectivity index (χ1) is 4.61. The predicted molar refractivity (Wildman–Crippen MR) is 41.3 cm³/mol. The Labute approximate surface area is 73.3 Å². The van der Waals surface area contributed by atoms with Gasteiger partial charge in [-0.1, -0.05) is 0 Å². The summed E-state index contributed by atoms with van der Waals surface area (Å²) < 4.78 is 12.7. The Kier molecular flexibility index (Phi) is 2.25. The quantitative estimate of drug-likeness (QED) is 0.735. The van der Waals surface area contributed by atoms with Crippen LogP contribution in [0.2, 0.25) is 0 Å². The summed E-state index contributed by atoms with van der Waals surface area (Å²) >= 11 is 5.80. The molecule has 54 valence electrons. The van der Waals surface area contributed by atoms with Crippen LogP contribution in [0.1, 0.15) is 0 Å². The highest BCUT2D eigenvalue weighted by molar-refractivity contribution is 9.11. The number of rotatable bonds is 0. The molecule has 2 nitrogen and oxygen atoms in total. The van der Waals surface area contributed by atoms with E-state index in [1.165, 1.54) is 0 Å². The van der Waals surface area contributed by atoms with E-state index in [2.05, 4.69) is 36.8 Å². The third-order valence-electron chi connectivity index (χ3n) is 0.872. The smallest absolute Gasteiger partial charge is 0.215 e. The normalized spacial score (nSPS) is 9.90. The van der Waals surface area contributed by atoms with Crippen LogP contribution in [0.5, 0.6) is 5.75 Å². The zero-order chi connectivity index (χ0) is 7.72. The molecule has 0 atom stereocenters. The molecule has 0 saturated carbocycles. The molecule has 0 unspecified atom stereocenters. The highest BCUT2D eigenvalue weighted by Gasteiger charge is 2.05. The minimum Gasteiger partial charge on any atom is -0.504 e. The lowest BCUT2D eigenvalue weighted by Gasteiger charge is -1.97. The van der Waals surface area contributed by atoms with Gasteiger partial charge in [-0.05, 0) is 31.9 Å². The molecule has 0 amide bonds. The maximum atomic E-state index is 12.3. The largest absolute Gasteiger partial charge is 0.504 e. The maximum absolute atomic E-state index is 12.3. The molecule has 1 N–H and O–H groups in total. The van der Waals surface area contributed by atoms with Crippen molar-refractivity contribution in [1.82, 2.24) is 4.98 Å². The van der Waals surface area contributed by atoms with Crippen molar-refractivity contribution >= 4 is 31.9 Å². The Balaban J connectivity index is 3.31. The van der Waals surface area contributed by atoms with Crippen molar-refractivity contribution in [3.8, 4) is 5.75 Å². The predicted octanol–water partition coefficient (Wildman–Crippen LogP) is 2.45. The first-order valence-corrected chi connectivity index (χ1v) is 3.90. The van der Waals surface area contributed by atoms with Crippen molar-refractivity contribution in [2.45, 2.75) is 0 Å². The highest BCUT2D eigenvalue weighted by Crippen LogP contribution is 2.30. The molecule has 0 aromatic carbocycles. The Bertz CT molecular complexity index is 243. The van der Waals surface area contributed by atoms with Crippen LogP contribution in [0.25, 0.3) is 0 Å². The summed E-state index contributed by atoms with van der Waals surface area (Å²) in [5, 5.41) is 9.01. The van der Waals surface area contributed by atoms with E-state index >= 15 is 0 Å². The molecule has 5 heteroatoms. The van der Waals surface area contributed by atoms with Gasteiger partial charge in [0.1, 0.15) is 0 Å². The molecule has 0 fully saturated rings. The minimum absolute atomic E-state index is 0.0959. The third-order valence-corrected chi connectivity index (χ3v) is 2.03. The van der Waals surface area contributed by atoms with E-state index in [1.54, 1.807) is 0 Å². The van der Waals surface area contributed by atoms with Gasteiger partial charge in [0.2, 0.25) is 5.95 Å². The fourth-order valence-corrected chi connectivity index (χ4v) is 1.48. The Morgan fingerprint density at radius 3 is 2.60 bits per heavy atom. The monoisotopic (exact) mass is 269 g/mol. The highest BCUT2D eigenvalue weighted by atomic mass is 79.9. The molecular weight excluding hydrogens is 269 g/mol. The second-order valence-electron chi connectivity index (χ2n) is 1.57. The van der Waals surface area contributed by atoms with Gasteiger partial charge in [0.05, 0.1) is 4.47 Å². The molecule has 10 heavy (non-hydrogen) atoms. The summed E-state index contributed by atoms with van der Waals surface area (Å²) in [7, 11) is 0. The summed E-state index contributed by atoms with van der Waals surface area (Å²) in [5.41, 5.74) is 0. The van der Waals surface area contributed by atoms with Crippen molar-refractivity contribution in [1.29, 1.82) is 0 Å². The summed E-state index contributed by atoms with van der Waals surface area (Å²) in [6, 6.07) is 1.08. The van der Waals surface area contributed by atoms with Crippen LogP contribution in [0, 0.1) is 5.95 Å². The van der Waals surface area contributed by atoms with Crippen LogP contribution in [-0.4, -0.2) is 10.1 Å². The van der Waals surface area contributed by atoms with Gasteiger partial charge in [-0.3, -0.25) is 0 Å². The van der Waals surface area contributed by atoms with Gasteiger partial charge in [-0.15, -0.1) is 0 Å². The number of aromatic hydroxyl groups is 1. The maximum Gasteiger partial charge on any atom is 0.215 e. The average molecular weight is 271 g/mol. The van der Waals surface area contributed by atoms with Gasteiger partial charge in [0.15, 0.2) is 10.4 Å². The lowest BCUT2D eigenvalue weighted by molar-refractivity contribution is 0.458. The van der Waals surface area contributed by atoms with Gasteiger partial charge >= 0.3 is 0 Å². The number of hydrogen-bond acceptors (Lipinski definition) is 2. The fraction of sp³-hybridized carbons (Fsp3) is 0. The molecule has 1 aromatic rings. The van der Waals surface area contributed by atoms with E-state index < -0.39 is 5.95 Å². The lowest BCUT2D eigenvalue weighted by atomic mass is 10.5. The van der Waals surface area contributed by atoms with E-state index in [4.69, 9.17) is 5.11 Å². The van der Waals surface area contributed by atoms with Crippen molar-refractivity contribution in [2.75, 3.05) is 0 Å². The van der Waals surface area contributed by atoms with Crippen molar-refractivity contribution in [2.24, 2.45) is 0 Å². The molecule has 0 aliphatic heterocycles. The Morgan fingerprint density at radius 1 is 1.50 bits per heavy atom. The van der Waals surface area contributed by atoms with Gasteiger partial charge in [-0.2, -0.15) is 4.39 Å². The van der Waals surface area contributed by atoms with Crippen molar-refractivity contribution < 1.29 is 9.50 Å². The van der Waals surface area contributed by atoms with Crippen LogP contribution < -0.4 is 0 Å². The van der Waals surface area contributed by atoms with Crippen molar-refractivity contribution in [3.05, 3.63) is 21.1 Å². The molecule has 1 rings (SSSR count). The Hall–Kier alpha value is -0.160. The minimum atomic E-state index is -0.642. The summed E-state index contributed by atoms with van der Waals surface area (Å²) in [6.45, 7) is 0. The first kappa shape index (κ1) is 7.94. The average Bonchev–Trinajstić information content (AvgIpc) is 1.82. The summed E-state index contributed by atoms with van der Waals surface area (Å²) in [6.07, 6.45) is 0. The standard InChI is InChI=1S/C5H2Br2FNO/c6-2-1-3(8)9-5(7)4(2)10/h1,10H. The molecule has 0 radical (unpaired) electrons. The van der Waals surface area contributed by atoms with Crippen LogP contribution in [0.4, 0.5) is 4.39 Å². The number of aromatic nitrogens is 1. The molecule has 0 spiro atoms. The number of nitrogens with zero attached hydrogens (tertiary/aromatic N) is 1. The lowest BCUT2D eigenvalue weighted by Crippen LogP contribution is -1.83. The van der Waals surface area contributed by atoms with Gasteiger partial charge < -0.3 is 5.11 Å². The zero-order valence-corrected chi connectivity index (χ0v) is 7.78. The molecule has 1 heterocycles.